The van der Waals surface area contributed by atoms with Crippen molar-refractivity contribution in [1.29, 1.82) is 0 Å². The first-order valence-corrected chi connectivity index (χ1v) is 17.8. The number of aryl methyl sites for hydroxylation is 2. The fourth-order valence-corrected chi connectivity index (χ4v) is 7.11. The average Bonchev–Trinajstić information content (AvgIpc) is 3.55. The number of amides is 4. The summed E-state index contributed by atoms with van der Waals surface area (Å²) in [5.41, 5.74) is 2.98. The van der Waals surface area contributed by atoms with Crippen molar-refractivity contribution >= 4 is 35.0 Å². The Labute approximate surface area is 287 Å². The van der Waals surface area contributed by atoms with Gasteiger partial charge in [0.1, 0.15) is 17.8 Å². The van der Waals surface area contributed by atoms with Crippen molar-refractivity contribution in [1.82, 2.24) is 25.8 Å². The summed E-state index contributed by atoms with van der Waals surface area (Å²) >= 11 is 1.46. The number of ether oxygens (including phenoxy) is 1. The van der Waals surface area contributed by atoms with Gasteiger partial charge in [-0.1, -0.05) is 50.2 Å². The number of nitrogens with one attached hydrogen (secondary N) is 3. The zero-order valence-electron chi connectivity index (χ0n) is 28.1. The maximum Gasteiger partial charge on any atom is 0.243 e. The highest BCUT2D eigenvalue weighted by molar-refractivity contribution is 7.11. The summed E-state index contributed by atoms with van der Waals surface area (Å²) < 4.78 is 6.11. The number of carbonyl (C=O) groups is 4. The largest absolute Gasteiger partial charge is 0.494 e. The van der Waals surface area contributed by atoms with E-state index in [-0.39, 0.29) is 48.9 Å². The lowest BCUT2D eigenvalue weighted by Gasteiger charge is -2.34. The molecule has 1 aromatic heterocycles. The van der Waals surface area contributed by atoms with Gasteiger partial charge in [-0.05, 0) is 73.8 Å². The minimum Gasteiger partial charge on any atom is -0.494 e. The third-order valence-electron chi connectivity index (χ3n) is 9.07. The highest BCUT2D eigenvalue weighted by Crippen LogP contribution is 2.24. The summed E-state index contributed by atoms with van der Waals surface area (Å²) in [7, 11) is 0. The molecule has 11 heteroatoms. The Balaban J connectivity index is 1.39. The molecule has 3 heterocycles. The molecule has 48 heavy (non-hydrogen) atoms. The van der Waals surface area contributed by atoms with E-state index in [2.05, 4.69) is 20.9 Å². The van der Waals surface area contributed by atoms with Gasteiger partial charge in [0.25, 0.3) is 0 Å². The van der Waals surface area contributed by atoms with Gasteiger partial charge in [-0.25, -0.2) is 4.98 Å². The predicted molar refractivity (Wildman–Crippen MR) is 186 cm³/mol. The molecule has 0 spiro atoms. The van der Waals surface area contributed by atoms with Crippen LogP contribution in [-0.4, -0.2) is 65.3 Å². The zero-order valence-corrected chi connectivity index (χ0v) is 28.9. The zero-order chi connectivity index (χ0) is 34.0. The molecule has 0 radical (unpaired) electrons. The summed E-state index contributed by atoms with van der Waals surface area (Å²) in [4.78, 5) is 61.6. The van der Waals surface area contributed by atoms with Crippen LogP contribution < -0.4 is 20.7 Å². The first-order chi connectivity index (χ1) is 23.1. The second-order valence-corrected chi connectivity index (χ2v) is 14.3. The number of aromatic nitrogens is 1. The molecule has 2 aromatic carbocycles. The Morgan fingerprint density at radius 3 is 2.69 bits per heavy atom. The van der Waals surface area contributed by atoms with Gasteiger partial charge in [0.15, 0.2) is 0 Å². The predicted octanol–water partition coefficient (Wildman–Crippen LogP) is 4.45. The van der Waals surface area contributed by atoms with Gasteiger partial charge < -0.3 is 25.6 Å². The van der Waals surface area contributed by atoms with E-state index >= 15 is 0 Å². The van der Waals surface area contributed by atoms with E-state index in [0.29, 0.717) is 32.5 Å². The maximum absolute atomic E-state index is 14.0. The van der Waals surface area contributed by atoms with Crippen LogP contribution in [0.3, 0.4) is 0 Å². The van der Waals surface area contributed by atoms with Gasteiger partial charge in [0.2, 0.25) is 23.6 Å². The van der Waals surface area contributed by atoms with Crippen molar-refractivity contribution in [2.75, 3.05) is 19.7 Å². The molecular formula is C37H47N5O5S. The molecule has 3 aromatic rings. The number of thiazole rings is 1. The summed E-state index contributed by atoms with van der Waals surface area (Å²) in [6, 6.07) is 13.6. The van der Waals surface area contributed by atoms with Crippen LogP contribution in [0.4, 0.5) is 0 Å². The molecule has 2 aliphatic rings. The van der Waals surface area contributed by atoms with Crippen molar-refractivity contribution in [3.8, 4) is 5.75 Å². The van der Waals surface area contributed by atoms with Crippen LogP contribution in [0.15, 0.2) is 54.7 Å². The van der Waals surface area contributed by atoms with Gasteiger partial charge in [0.05, 0.1) is 24.5 Å². The molecule has 0 saturated carbocycles. The third kappa shape index (κ3) is 9.88. The van der Waals surface area contributed by atoms with E-state index in [1.165, 1.54) is 11.3 Å². The van der Waals surface area contributed by atoms with Crippen LogP contribution in [-0.2, 0) is 38.6 Å². The number of rotatable bonds is 7. The molecule has 1 saturated heterocycles. The van der Waals surface area contributed by atoms with E-state index in [9.17, 15) is 19.2 Å². The highest BCUT2D eigenvalue weighted by atomic mass is 32.1. The Bertz CT molecular complexity index is 1580. The maximum atomic E-state index is 14.0. The van der Waals surface area contributed by atoms with E-state index in [1.807, 2.05) is 69.3 Å². The van der Waals surface area contributed by atoms with Crippen molar-refractivity contribution in [3.05, 3.63) is 81.3 Å². The average molecular weight is 674 g/mol. The topological polar surface area (TPSA) is 130 Å². The fourth-order valence-electron chi connectivity index (χ4n) is 6.19. The van der Waals surface area contributed by atoms with E-state index in [4.69, 9.17) is 4.74 Å². The van der Waals surface area contributed by atoms with Gasteiger partial charge in [-0.2, -0.15) is 0 Å². The first kappa shape index (κ1) is 35.1. The minimum atomic E-state index is -1.14. The molecule has 10 nitrogen and oxygen atoms in total. The van der Waals surface area contributed by atoms with E-state index in [1.54, 1.807) is 11.1 Å². The molecule has 3 atom stereocenters. The smallest absolute Gasteiger partial charge is 0.243 e. The van der Waals surface area contributed by atoms with E-state index < -0.39 is 18.0 Å². The van der Waals surface area contributed by atoms with Crippen LogP contribution in [0.2, 0.25) is 0 Å². The monoisotopic (exact) mass is 673 g/mol. The Hall–Kier alpha value is -4.25. The van der Waals surface area contributed by atoms with Crippen LogP contribution in [0.1, 0.15) is 78.4 Å². The molecule has 4 amide bonds. The van der Waals surface area contributed by atoms with Gasteiger partial charge in [0, 0.05) is 36.6 Å². The molecule has 5 rings (SSSR count). The third-order valence-corrected chi connectivity index (χ3v) is 10.4. The highest BCUT2D eigenvalue weighted by Gasteiger charge is 2.32. The number of benzene rings is 2. The Morgan fingerprint density at radius 2 is 1.92 bits per heavy atom. The Kier molecular flexibility index (Phi) is 12.2. The molecule has 1 fully saturated rings. The van der Waals surface area contributed by atoms with Crippen LogP contribution in [0, 0.1) is 12.8 Å². The number of hydrogen-bond acceptors (Lipinski definition) is 7. The van der Waals surface area contributed by atoms with Crippen LogP contribution in [0.25, 0.3) is 0 Å². The molecule has 0 aliphatic carbocycles. The van der Waals surface area contributed by atoms with Crippen LogP contribution in [0.5, 0.6) is 5.75 Å². The van der Waals surface area contributed by atoms with Gasteiger partial charge >= 0.3 is 0 Å². The second-order valence-electron chi connectivity index (χ2n) is 13.2. The standard InChI is InChI=1S/C37H47N5O5S/c1-24(2)37-39-22-30(48-37)19-33(43)40-32-20-34(44)42-16-7-10-27(23-42)15-17-47-29-13-11-25(3)28(18-29)21-38-35(45)31(41-36(32)46)14-12-26-8-5-4-6-9-26/h4-6,8-9,11,13,18,22,24,27,31-32H,7,10,12,14-17,19-21,23H2,1-3H3,(H,38,45)(H,40,43)(H,41,46)/t27?,31?,32-/m0/s1. The van der Waals surface area contributed by atoms with Crippen molar-refractivity contribution in [2.24, 2.45) is 5.92 Å². The molecule has 256 valence electrons. The lowest BCUT2D eigenvalue weighted by Crippen LogP contribution is -2.55. The Morgan fingerprint density at radius 1 is 1.10 bits per heavy atom. The number of nitrogens with zero attached hydrogens (tertiary/aromatic N) is 2. The number of fused-ring (bicyclic) bond motifs is 4. The molecule has 3 N–H and O–H groups in total. The van der Waals surface area contributed by atoms with Crippen molar-refractivity contribution < 1.29 is 23.9 Å². The number of hydrogen-bond donors (Lipinski definition) is 3. The minimum absolute atomic E-state index is 0.0461. The SMILES string of the molecule is Cc1ccc2cc1CNC(=O)C(CCc1ccccc1)NC(=O)[C@@H](NC(=O)Cc1cnc(C(C)C)s1)CC(=O)N1CCCC(CCO2)C1. The van der Waals surface area contributed by atoms with E-state index in [0.717, 1.165) is 51.6 Å². The van der Waals surface area contributed by atoms with Crippen molar-refractivity contribution in [2.45, 2.75) is 90.3 Å². The number of carbonyl (C=O) groups excluding carboxylic acids is 4. The van der Waals surface area contributed by atoms with Gasteiger partial charge in [-0.15, -0.1) is 11.3 Å². The second kappa shape index (κ2) is 16.7. The quantitative estimate of drug-likeness (QED) is 0.340. The summed E-state index contributed by atoms with van der Waals surface area (Å²) in [6.07, 6.45) is 5.08. The normalized spacial score (nSPS) is 21.0. The molecular weight excluding hydrogens is 627 g/mol. The first-order valence-electron chi connectivity index (χ1n) is 17.0. The summed E-state index contributed by atoms with van der Waals surface area (Å²) in [5, 5.41) is 9.67. The van der Waals surface area contributed by atoms with Crippen molar-refractivity contribution in [3.63, 3.8) is 0 Å². The lowest BCUT2D eigenvalue weighted by atomic mass is 9.94. The molecule has 2 unspecified atom stereocenters. The molecule has 2 aliphatic heterocycles. The summed E-state index contributed by atoms with van der Waals surface area (Å²) in [5.74, 6) is -0.222. The summed E-state index contributed by atoms with van der Waals surface area (Å²) in [6.45, 7) is 8.03. The van der Waals surface area contributed by atoms with Gasteiger partial charge in [-0.3, -0.25) is 19.2 Å². The molecule has 4 bridgehead atoms. The lowest BCUT2D eigenvalue weighted by molar-refractivity contribution is -0.138. The fraction of sp³-hybridized carbons (Fsp3) is 0.486. The van der Waals surface area contributed by atoms with Crippen LogP contribution >= 0.6 is 11.3 Å². The number of piperidine rings is 1.